The van der Waals surface area contributed by atoms with Crippen molar-refractivity contribution in [2.45, 2.75) is 26.9 Å². The lowest BCUT2D eigenvalue weighted by Gasteiger charge is -2.06. The Balaban J connectivity index is 2.10. The van der Waals surface area contributed by atoms with Crippen LogP contribution in [0.1, 0.15) is 29.8 Å². The van der Waals surface area contributed by atoms with Crippen LogP contribution in [-0.2, 0) is 0 Å². The van der Waals surface area contributed by atoms with Crippen molar-refractivity contribution in [3.05, 3.63) is 64.7 Å². The maximum absolute atomic E-state index is 12.9. The number of nitrogens with zero attached hydrogens (tertiary/aromatic N) is 3. The molecule has 0 aliphatic carbocycles. The maximum atomic E-state index is 12.9. The molecule has 3 aromatic rings. The number of aryl methyl sites for hydroxylation is 1. The molecule has 0 unspecified atom stereocenters. The van der Waals surface area contributed by atoms with Crippen molar-refractivity contribution in [1.29, 1.82) is 0 Å². The number of halogens is 1. The molecule has 128 valence electrons. The van der Waals surface area contributed by atoms with Crippen molar-refractivity contribution in [2.75, 3.05) is 0 Å². The predicted molar refractivity (Wildman–Crippen MR) is 97.1 cm³/mol. The molecular formula is C19H18ClN3O2. The lowest BCUT2D eigenvalue weighted by atomic mass is 10.1. The van der Waals surface area contributed by atoms with E-state index >= 15 is 0 Å². The summed E-state index contributed by atoms with van der Waals surface area (Å²) in [6.07, 6.45) is -0.0999. The molecule has 0 bridgehead atoms. The van der Waals surface area contributed by atoms with Gasteiger partial charge < -0.3 is 4.74 Å². The summed E-state index contributed by atoms with van der Waals surface area (Å²) in [6, 6.07) is 14.7. The molecule has 25 heavy (non-hydrogen) atoms. The number of hydrogen-bond donors (Lipinski definition) is 0. The summed E-state index contributed by atoms with van der Waals surface area (Å²) in [4.78, 5) is 17.3. The predicted octanol–water partition coefficient (Wildman–Crippen LogP) is 4.38. The van der Waals surface area contributed by atoms with E-state index in [4.69, 9.17) is 16.3 Å². The van der Waals surface area contributed by atoms with Gasteiger partial charge in [0, 0.05) is 5.56 Å². The van der Waals surface area contributed by atoms with Gasteiger partial charge in [0.2, 0.25) is 0 Å². The van der Waals surface area contributed by atoms with Crippen molar-refractivity contribution < 1.29 is 9.53 Å². The second-order valence-corrected chi connectivity index (χ2v) is 6.35. The molecule has 1 aromatic heterocycles. The molecule has 0 aliphatic rings. The lowest BCUT2D eigenvalue weighted by Crippen LogP contribution is -2.16. The summed E-state index contributed by atoms with van der Waals surface area (Å²) >= 11 is 6.17. The van der Waals surface area contributed by atoms with Gasteiger partial charge in [-0.2, -0.15) is 9.67 Å². The molecule has 5 nitrogen and oxygen atoms in total. The monoisotopic (exact) mass is 355 g/mol. The average Bonchev–Trinajstić information content (AvgIpc) is 2.98. The van der Waals surface area contributed by atoms with Crippen LogP contribution >= 0.6 is 11.6 Å². The molecule has 0 atom stereocenters. The summed E-state index contributed by atoms with van der Waals surface area (Å²) in [5.74, 6) is 0.0628. The first-order chi connectivity index (χ1) is 12.0. The second kappa shape index (κ2) is 7.07. The first-order valence-corrected chi connectivity index (χ1v) is 8.33. The van der Waals surface area contributed by atoms with Gasteiger partial charge in [-0.1, -0.05) is 53.6 Å². The van der Waals surface area contributed by atoms with Gasteiger partial charge >= 0.3 is 6.01 Å². The van der Waals surface area contributed by atoms with Gasteiger partial charge in [0.05, 0.1) is 16.7 Å². The summed E-state index contributed by atoms with van der Waals surface area (Å²) < 4.78 is 6.81. The first-order valence-electron chi connectivity index (χ1n) is 7.95. The Hall–Kier alpha value is -2.66. The van der Waals surface area contributed by atoms with E-state index in [2.05, 4.69) is 10.1 Å². The van der Waals surface area contributed by atoms with Gasteiger partial charge in [-0.3, -0.25) is 4.79 Å². The lowest BCUT2D eigenvalue weighted by molar-refractivity contribution is 0.0943. The van der Waals surface area contributed by atoms with Crippen LogP contribution in [0.15, 0.2) is 48.5 Å². The number of carbonyl (C=O) groups is 1. The van der Waals surface area contributed by atoms with E-state index in [0.717, 1.165) is 11.1 Å². The summed E-state index contributed by atoms with van der Waals surface area (Å²) in [5, 5.41) is 4.61. The van der Waals surface area contributed by atoms with Crippen LogP contribution < -0.4 is 4.74 Å². The molecule has 0 saturated carbocycles. The zero-order chi connectivity index (χ0) is 18.0. The molecule has 6 heteroatoms. The Morgan fingerprint density at radius 2 is 1.80 bits per heavy atom. The number of hydrogen-bond acceptors (Lipinski definition) is 4. The third kappa shape index (κ3) is 3.72. The average molecular weight is 356 g/mol. The van der Waals surface area contributed by atoms with E-state index in [9.17, 15) is 4.79 Å². The molecule has 0 saturated heterocycles. The molecule has 0 aliphatic heterocycles. The molecule has 0 fully saturated rings. The van der Waals surface area contributed by atoms with Gasteiger partial charge in [0.15, 0.2) is 5.82 Å². The van der Waals surface area contributed by atoms with E-state index in [1.54, 1.807) is 24.3 Å². The van der Waals surface area contributed by atoms with Crippen molar-refractivity contribution in [3.63, 3.8) is 0 Å². The minimum atomic E-state index is -0.354. The highest BCUT2D eigenvalue weighted by atomic mass is 35.5. The van der Waals surface area contributed by atoms with Crippen LogP contribution in [0.3, 0.4) is 0 Å². The van der Waals surface area contributed by atoms with Crippen molar-refractivity contribution in [1.82, 2.24) is 14.8 Å². The molecular weight excluding hydrogens is 338 g/mol. The molecule has 1 heterocycles. The fraction of sp³-hybridized carbons (Fsp3) is 0.211. The van der Waals surface area contributed by atoms with E-state index < -0.39 is 0 Å². The Morgan fingerprint density at radius 3 is 2.44 bits per heavy atom. The number of rotatable bonds is 4. The van der Waals surface area contributed by atoms with Gasteiger partial charge in [0.1, 0.15) is 0 Å². The molecule has 0 spiro atoms. The topological polar surface area (TPSA) is 57.0 Å². The minimum absolute atomic E-state index is 0.0999. The fourth-order valence-electron chi connectivity index (χ4n) is 2.33. The standard InChI is InChI=1S/C19H18ClN3O2/c1-12(2)25-19-21-17(14-10-8-13(3)9-11-14)23(22-19)18(24)15-6-4-5-7-16(15)20/h4-12H,1-3H3. The molecule has 0 N–H and O–H groups in total. The van der Waals surface area contributed by atoms with Gasteiger partial charge in [-0.15, -0.1) is 5.10 Å². The summed E-state index contributed by atoms with van der Waals surface area (Å²) in [5.41, 5.74) is 2.25. The highest BCUT2D eigenvalue weighted by Gasteiger charge is 2.21. The Labute approximate surface area is 151 Å². The van der Waals surface area contributed by atoms with Crippen LogP contribution in [0.25, 0.3) is 11.4 Å². The zero-order valence-corrected chi connectivity index (χ0v) is 15.0. The summed E-state index contributed by atoms with van der Waals surface area (Å²) in [7, 11) is 0. The van der Waals surface area contributed by atoms with Crippen LogP contribution in [0.4, 0.5) is 0 Å². The quantitative estimate of drug-likeness (QED) is 0.696. The number of aromatic nitrogens is 3. The Bertz CT molecular complexity index is 901. The zero-order valence-electron chi connectivity index (χ0n) is 14.2. The SMILES string of the molecule is Cc1ccc(-c2nc(OC(C)C)nn2C(=O)c2ccccc2Cl)cc1. The number of ether oxygens (including phenoxy) is 1. The summed E-state index contributed by atoms with van der Waals surface area (Å²) in [6.45, 7) is 5.75. The first kappa shape index (κ1) is 17.2. The number of carbonyl (C=O) groups excluding carboxylic acids is 1. The van der Waals surface area contributed by atoms with E-state index in [0.29, 0.717) is 16.4 Å². The fourth-order valence-corrected chi connectivity index (χ4v) is 2.55. The van der Waals surface area contributed by atoms with Gasteiger partial charge in [-0.25, -0.2) is 0 Å². The molecule has 3 rings (SSSR count). The van der Waals surface area contributed by atoms with E-state index in [-0.39, 0.29) is 18.0 Å². The largest absolute Gasteiger partial charge is 0.460 e. The Kier molecular flexibility index (Phi) is 4.86. The highest BCUT2D eigenvalue weighted by molar-refractivity contribution is 6.33. The van der Waals surface area contributed by atoms with E-state index in [1.165, 1.54) is 4.68 Å². The third-order valence-corrected chi connectivity index (χ3v) is 3.86. The van der Waals surface area contributed by atoms with E-state index in [1.807, 2.05) is 45.0 Å². The molecule has 0 radical (unpaired) electrons. The van der Waals surface area contributed by atoms with Gasteiger partial charge in [-0.05, 0) is 32.9 Å². The van der Waals surface area contributed by atoms with Crippen LogP contribution in [0, 0.1) is 6.92 Å². The van der Waals surface area contributed by atoms with Crippen LogP contribution in [0.5, 0.6) is 6.01 Å². The third-order valence-electron chi connectivity index (χ3n) is 3.54. The molecule has 2 aromatic carbocycles. The highest BCUT2D eigenvalue weighted by Crippen LogP contribution is 2.24. The second-order valence-electron chi connectivity index (χ2n) is 5.95. The Morgan fingerprint density at radius 1 is 1.12 bits per heavy atom. The smallest absolute Gasteiger partial charge is 0.336 e. The van der Waals surface area contributed by atoms with Crippen molar-refractivity contribution >= 4 is 17.5 Å². The van der Waals surface area contributed by atoms with Gasteiger partial charge in [0.25, 0.3) is 5.91 Å². The van der Waals surface area contributed by atoms with Crippen molar-refractivity contribution in [2.24, 2.45) is 0 Å². The van der Waals surface area contributed by atoms with Crippen LogP contribution in [0.2, 0.25) is 5.02 Å². The van der Waals surface area contributed by atoms with Crippen molar-refractivity contribution in [3.8, 4) is 17.4 Å². The molecule has 0 amide bonds. The minimum Gasteiger partial charge on any atom is -0.460 e. The maximum Gasteiger partial charge on any atom is 0.336 e. The van der Waals surface area contributed by atoms with Crippen LogP contribution in [-0.4, -0.2) is 26.8 Å². The normalized spacial score (nSPS) is 10.9. The number of benzene rings is 2.